The van der Waals surface area contributed by atoms with Crippen LogP contribution in [0.1, 0.15) is 34.1 Å². The van der Waals surface area contributed by atoms with Crippen molar-refractivity contribution in [3.63, 3.8) is 0 Å². The van der Waals surface area contributed by atoms with Crippen LogP contribution in [0.5, 0.6) is 0 Å². The van der Waals surface area contributed by atoms with E-state index in [1.165, 1.54) is 0 Å². The molecule has 0 bridgehead atoms. The van der Waals surface area contributed by atoms with Gasteiger partial charge in [-0.05, 0) is 33.9 Å². The van der Waals surface area contributed by atoms with Crippen LogP contribution in [0.15, 0.2) is 12.3 Å². The van der Waals surface area contributed by atoms with Crippen molar-refractivity contribution in [2.45, 2.75) is 45.3 Å². The fourth-order valence-corrected chi connectivity index (χ4v) is 1.48. The van der Waals surface area contributed by atoms with Gasteiger partial charge in [0.25, 0.3) is 0 Å². The van der Waals surface area contributed by atoms with Crippen molar-refractivity contribution < 1.29 is 19.1 Å². The SMILES string of the molecule is CCOC(=O)C1(C(=O)OC(C)(C)C)CC=CN1. The minimum Gasteiger partial charge on any atom is -0.464 e. The molecule has 0 amide bonds. The molecule has 0 spiro atoms. The van der Waals surface area contributed by atoms with Gasteiger partial charge in [0.05, 0.1) is 6.61 Å². The second kappa shape index (κ2) is 4.77. The first-order valence-corrected chi connectivity index (χ1v) is 5.65. The number of carbonyl (C=O) groups excluding carboxylic acids is 2. The topological polar surface area (TPSA) is 64.6 Å². The summed E-state index contributed by atoms with van der Waals surface area (Å²) in [6.45, 7) is 7.19. The Balaban J connectivity index is 2.85. The van der Waals surface area contributed by atoms with Gasteiger partial charge >= 0.3 is 11.9 Å². The second-order valence-corrected chi connectivity index (χ2v) is 4.88. The van der Waals surface area contributed by atoms with Crippen LogP contribution in [-0.2, 0) is 19.1 Å². The van der Waals surface area contributed by atoms with Gasteiger partial charge in [-0.3, -0.25) is 0 Å². The number of nitrogens with one attached hydrogen (secondary N) is 1. The molecule has 0 aromatic heterocycles. The lowest BCUT2D eigenvalue weighted by atomic mass is 9.97. The number of ether oxygens (including phenoxy) is 2. The predicted molar refractivity (Wildman–Crippen MR) is 62.1 cm³/mol. The molecule has 1 aliphatic rings. The highest BCUT2D eigenvalue weighted by molar-refractivity contribution is 6.06. The van der Waals surface area contributed by atoms with Crippen molar-refractivity contribution in [2.24, 2.45) is 0 Å². The molecule has 96 valence electrons. The lowest BCUT2D eigenvalue weighted by molar-refractivity contribution is -0.172. The standard InChI is InChI=1S/C12H19NO4/c1-5-16-9(14)12(7-6-8-13-12)10(15)17-11(2,3)4/h6,8,13H,5,7H2,1-4H3. The molecular formula is C12H19NO4. The zero-order chi connectivity index (χ0) is 13.1. The first-order valence-electron chi connectivity index (χ1n) is 5.65. The molecule has 0 aromatic rings. The molecule has 1 unspecified atom stereocenters. The summed E-state index contributed by atoms with van der Waals surface area (Å²) >= 11 is 0. The highest BCUT2D eigenvalue weighted by Crippen LogP contribution is 2.23. The maximum absolute atomic E-state index is 12.1. The minimum atomic E-state index is -1.41. The summed E-state index contributed by atoms with van der Waals surface area (Å²) < 4.78 is 10.2. The van der Waals surface area contributed by atoms with E-state index in [0.29, 0.717) is 0 Å². The van der Waals surface area contributed by atoms with Crippen molar-refractivity contribution >= 4 is 11.9 Å². The third-order valence-electron chi connectivity index (χ3n) is 2.24. The molecule has 1 atom stereocenters. The fraction of sp³-hybridized carbons (Fsp3) is 0.667. The molecule has 17 heavy (non-hydrogen) atoms. The summed E-state index contributed by atoms with van der Waals surface area (Å²) in [6, 6.07) is 0. The lowest BCUT2D eigenvalue weighted by Gasteiger charge is -2.29. The van der Waals surface area contributed by atoms with Gasteiger partial charge < -0.3 is 14.8 Å². The predicted octanol–water partition coefficient (Wildman–Crippen LogP) is 1.14. The molecule has 0 fully saturated rings. The van der Waals surface area contributed by atoms with Crippen molar-refractivity contribution in [2.75, 3.05) is 6.61 Å². The Bertz CT molecular complexity index is 333. The van der Waals surface area contributed by atoms with Crippen LogP contribution < -0.4 is 5.32 Å². The Labute approximate surface area is 101 Å². The molecule has 5 heteroatoms. The van der Waals surface area contributed by atoms with Gasteiger partial charge in [0.2, 0.25) is 5.54 Å². The fourth-order valence-electron chi connectivity index (χ4n) is 1.48. The molecule has 0 saturated carbocycles. The number of carbonyl (C=O) groups is 2. The number of rotatable bonds is 3. The van der Waals surface area contributed by atoms with E-state index in [1.54, 1.807) is 40.0 Å². The summed E-state index contributed by atoms with van der Waals surface area (Å²) in [5, 5.41) is 2.75. The van der Waals surface area contributed by atoms with Crippen LogP contribution in [-0.4, -0.2) is 29.7 Å². The highest BCUT2D eigenvalue weighted by atomic mass is 16.6. The first-order chi connectivity index (χ1) is 7.82. The largest absolute Gasteiger partial charge is 0.464 e. The Morgan fingerprint density at radius 3 is 2.41 bits per heavy atom. The number of hydrogen-bond acceptors (Lipinski definition) is 5. The highest BCUT2D eigenvalue weighted by Gasteiger charge is 2.50. The lowest BCUT2D eigenvalue weighted by Crippen LogP contribution is -2.56. The van der Waals surface area contributed by atoms with Crippen molar-refractivity contribution in [3.05, 3.63) is 12.3 Å². The van der Waals surface area contributed by atoms with Gasteiger partial charge in [-0.2, -0.15) is 0 Å². The summed E-state index contributed by atoms with van der Waals surface area (Å²) in [7, 11) is 0. The Morgan fingerprint density at radius 2 is 2.00 bits per heavy atom. The van der Waals surface area contributed by atoms with E-state index in [9.17, 15) is 9.59 Å². The molecular weight excluding hydrogens is 222 g/mol. The molecule has 1 N–H and O–H groups in total. The quantitative estimate of drug-likeness (QED) is 0.593. The van der Waals surface area contributed by atoms with Crippen LogP contribution in [0.25, 0.3) is 0 Å². The first kappa shape index (κ1) is 13.5. The van der Waals surface area contributed by atoms with E-state index in [-0.39, 0.29) is 13.0 Å². The van der Waals surface area contributed by atoms with Gasteiger partial charge in [-0.25, -0.2) is 9.59 Å². The zero-order valence-electron chi connectivity index (χ0n) is 10.7. The van der Waals surface area contributed by atoms with Crippen LogP contribution in [0.4, 0.5) is 0 Å². The zero-order valence-corrected chi connectivity index (χ0v) is 10.7. The molecule has 0 aromatic carbocycles. The molecule has 1 aliphatic heterocycles. The van der Waals surface area contributed by atoms with E-state index >= 15 is 0 Å². The molecule has 0 aliphatic carbocycles. The Morgan fingerprint density at radius 1 is 1.35 bits per heavy atom. The van der Waals surface area contributed by atoms with E-state index in [0.717, 1.165) is 0 Å². The molecule has 0 saturated heterocycles. The smallest absolute Gasteiger partial charge is 0.344 e. The van der Waals surface area contributed by atoms with Crippen molar-refractivity contribution in [1.82, 2.24) is 5.32 Å². The van der Waals surface area contributed by atoms with E-state index in [4.69, 9.17) is 9.47 Å². The third-order valence-corrected chi connectivity index (χ3v) is 2.24. The monoisotopic (exact) mass is 241 g/mol. The summed E-state index contributed by atoms with van der Waals surface area (Å²) in [5.74, 6) is -1.20. The van der Waals surface area contributed by atoms with E-state index in [2.05, 4.69) is 5.32 Å². The minimum absolute atomic E-state index is 0.227. The van der Waals surface area contributed by atoms with Crippen LogP contribution in [0.2, 0.25) is 0 Å². The summed E-state index contributed by atoms with van der Waals surface area (Å²) in [6.07, 6.45) is 3.53. The molecule has 1 heterocycles. The van der Waals surface area contributed by atoms with Crippen molar-refractivity contribution in [3.8, 4) is 0 Å². The average molecular weight is 241 g/mol. The molecule has 0 radical (unpaired) electrons. The number of hydrogen-bond donors (Lipinski definition) is 1. The average Bonchev–Trinajstić information content (AvgIpc) is 2.64. The van der Waals surface area contributed by atoms with E-state index in [1.807, 2.05) is 0 Å². The van der Waals surface area contributed by atoms with Crippen LogP contribution in [0, 0.1) is 0 Å². The van der Waals surface area contributed by atoms with Gasteiger partial charge in [-0.1, -0.05) is 6.08 Å². The Hall–Kier alpha value is -1.52. The Kier molecular flexibility index (Phi) is 3.80. The van der Waals surface area contributed by atoms with Crippen LogP contribution >= 0.6 is 0 Å². The maximum atomic E-state index is 12.1. The third kappa shape index (κ3) is 2.99. The number of esters is 2. The molecule has 1 rings (SSSR count). The summed E-state index contributed by atoms with van der Waals surface area (Å²) in [4.78, 5) is 23.9. The van der Waals surface area contributed by atoms with Gasteiger partial charge in [-0.15, -0.1) is 0 Å². The van der Waals surface area contributed by atoms with Gasteiger partial charge in [0.1, 0.15) is 5.60 Å². The summed E-state index contributed by atoms with van der Waals surface area (Å²) in [5.41, 5.74) is -2.05. The van der Waals surface area contributed by atoms with E-state index < -0.39 is 23.1 Å². The normalized spacial score (nSPS) is 23.1. The van der Waals surface area contributed by atoms with Gasteiger partial charge in [0, 0.05) is 6.42 Å². The van der Waals surface area contributed by atoms with Crippen molar-refractivity contribution in [1.29, 1.82) is 0 Å². The second-order valence-electron chi connectivity index (χ2n) is 4.88. The maximum Gasteiger partial charge on any atom is 0.344 e. The van der Waals surface area contributed by atoms with Gasteiger partial charge in [0.15, 0.2) is 0 Å². The van der Waals surface area contributed by atoms with Crippen LogP contribution in [0.3, 0.4) is 0 Å². The molecule has 5 nitrogen and oxygen atoms in total.